The van der Waals surface area contributed by atoms with E-state index in [1.54, 1.807) is 0 Å². The highest BCUT2D eigenvalue weighted by molar-refractivity contribution is 7.97. The van der Waals surface area contributed by atoms with Crippen LogP contribution in [0.25, 0.3) is 0 Å². The van der Waals surface area contributed by atoms with E-state index in [4.69, 9.17) is 16.1 Å². The molecule has 90 valence electrons. The lowest BCUT2D eigenvalue weighted by atomic mass is 10.2. The van der Waals surface area contributed by atoms with Gasteiger partial charge in [0, 0.05) is 22.1 Å². The first kappa shape index (κ1) is 12.5. The van der Waals surface area contributed by atoms with Gasteiger partial charge in [0.05, 0.1) is 5.69 Å². The monoisotopic (exact) mass is 267 g/mol. The first-order valence-corrected chi connectivity index (χ1v) is 6.94. The fourth-order valence-corrected chi connectivity index (χ4v) is 3.06. The van der Waals surface area contributed by atoms with E-state index >= 15 is 0 Å². The number of benzene rings is 1. The van der Waals surface area contributed by atoms with Crippen LogP contribution >= 0.6 is 23.4 Å². The van der Waals surface area contributed by atoms with Crippen LogP contribution in [0.3, 0.4) is 0 Å². The normalized spacial score (nSPS) is 10.8. The van der Waals surface area contributed by atoms with Crippen LogP contribution in [0.15, 0.2) is 28.8 Å². The Morgan fingerprint density at radius 2 is 2.00 bits per heavy atom. The van der Waals surface area contributed by atoms with E-state index in [2.05, 4.69) is 11.2 Å². The zero-order valence-electron chi connectivity index (χ0n) is 9.87. The Hall–Kier alpha value is -0.930. The highest BCUT2D eigenvalue weighted by atomic mass is 35.5. The molecular formula is C13H14ClNOS. The Kier molecular flexibility index (Phi) is 4.13. The Bertz CT molecular complexity index is 490. The minimum atomic E-state index is 0.832. The van der Waals surface area contributed by atoms with Crippen LogP contribution in [0.1, 0.15) is 22.6 Å². The molecule has 0 aliphatic carbocycles. The van der Waals surface area contributed by atoms with Gasteiger partial charge >= 0.3 is 0 Å². The molecule has 0 bridgehead atoms. The van der Waals surface area contributed by atoms with Gasteiger partial charge in [0.2, 0.25) is 0 Å². The number of hydrogen-bond acceptors (Lipinski definition) is 3. The van der Waals surface area contributed by atoms with Crippen molar-refractivity contribution in [3.05, 3.63) is 51.9 Å². The molecule has 0 unspecified atom stereocenters. The second kappa shape index (κ2) is 5.61. The van der Waals surface area contributed by atoms with Crippen LogP contribution < -0.4 is 0 Å². The number of hydrogen-bond donors (Lipinski definition) is 0. The molecular weight excluding hydrogens is 254 g/mol. The van der Waals surface area contributed by atoms with E-state index in [0.717, 1.165) is 28.0 Å². The SMILES string of the molecule is Cc1noc(C)c1CSCc1ccccc1Cl. The van der Waals surface area contributed by atoms with Crippen LogP contribution in [0.2, 0.25) is 5.02 Å². The van der Waals surface area contributed by atoms with Gasteiger partial charge in [-0.05, 0) is 25.5 Å². The van der Waals surface area contributed by atoms with E-state index in [1.807, 2.05) is 43.8 Å². The molecule has 0 aliphatic rings. The minimum Gasteiger partial charge on any atom is -0.361 e. The second-order valence-electron chi connectivity index (χ2n) is 3.89. The maximum atomic E-state index is 6.10. The standard InChI is InChI=1S/C13H14ClNOS/c1-9-12(10(2)16-15-9)8-17-7-11-5-3-4-6-13(11)14/h3-6H,7-8H2,1-2H3. The number of aryl methyl sites for hydroxylation is 2. The Morgan fingerprint density at radius 3 is 2.65 bits per heavy atom. The fourth-order valence-electron chi connectivity index (χ4n) is 1.59. The lowest BCUT2D eigenvalue weighted by Crippen LogP contribution is -1.87. The summed E-state index contributed by atoms with van der Waals surface area (Å²) in [5.74, 6) is 2.73. The number of nitrogens with zero attached hydrogens (tertiary/aromatic N) is 1. The molecule has 17 heavy (non-hydrogen) atoms. The van der Waals surface area contributed by atoms with Gasteiger partial charge in [0.1, 0.15) is 5.76 Å². The highest BCUT2D eigenvalue weighted by Crippen LogP contribution is 2.25. The molecule has 0 atom stereocenters. The number of rotatable bonds is 4. The predicted octanol–water partition coefficient (Wildman–Crippen LogP) is 4.38. The zero-order valence-corrected chi connectivity index (χ0v) is 11.4. The number of thioether (sulfide) groups is 1. The van der Waals surface area contributed by atoms with Gasteiger partial charge in [0.25, 0.3) is 0 Å². The summed E-state index contributed by atoms with van der Waals surface area (Å²) in [5.41, 5.74) is 3.35. The van der Waals surface area contributed by atoms with Crippen molar-refractivity contribution in [3.63, 3.8) is 0 Å². The molecule has 0 saturated heterocycles. The smallest absolute Gasteiger partial charge is 0.137 e. The third kappa shape index (κ3) is 3.05. The van der Waals surface area contributed by atoms with Crippen molar-refractivity contribution in [1.82, 2.24) is 5.16 Å². The molecule has 0 N–H and O–H groups in total. The molecule has 1 heterocycles. The first-order valence-electron chi connectivity index (χ1n) is 5.41. The summed E-state index contributed by atoms with van der Waals surface area (Å²) in [7, 11) is 0. The summed E-state index contributed by atoms with van der Waals surface area (Å²) in [6.45, 7) is 3.92. The molecule has 4 heteroatoms. The fraction of sp³-hybridized carbons (Fsp3) is 0.308. The molecule has 0 spiro atoms. The third-order valence-electron chi connectivity index (χ3n) is 2.64. The minimum absolute atomic E-state index is 0.832. The Labute approximate surface area is 110 Å². The van der Waals surface area contributed by atoms with Gasteiger partial charge in [-0.25, -0.2) is 0 Å². The van der Waals surface area contributed by atoms with Gasteiger partial charge in [-0.15, -0.1) is 0 Å². The molecule has 2 aromatic rings. The summed E-state index contributed by atoms with van der Waals surface area (Å²) < 4.78 is 5.13. The maximum Gasteiger partial charge on any atom is 0.137 e. The van der Waals surface area contributed by atoms with E-state index < -0.39 is 0 Å². The molecule has 1 aromatic carbocycles. The first-order chi connectivity index (χ1) is 8.18. The summed E-state index contributed by atoms with van der Waals surface area (Å²) in [6, 6.07) is 7.94. The highest BCUT2D eigenvalue weighted by Gasteiger charge is 2.09. The van der Waals surface area contributed by atoms with Crippen molar-refractivity contribution in [2.24, 2.45) is 0 Å². The van der Waals surface area contributed by atoms with E-state index in [-0.39, 0.29) is 0 Å². The van der Waals surface area contributed by atoms with Crippen molar-refractivity contribution in [2.45, 2.75) is 25.4 Å². The van der Waals surface area contributed by atoms with Crippen molar-refractivity contribution in [1.29, 1.82) is 0 Å². The molecule has 0 radical (unpaired) electrons. The molecule has 0 amide bonds. The van der Waals surface area contributed by atoms with Crippen LogP contribution in [0.4, 0.5) is 0 Å². The second-order valence-corrected chi connectivity index (χ2v) is 5.28. The molecule has 0 fully saturated rings. The zero-order chi connectivity index (χ0) is 12.3. The lowest BCUT2D eigenvalue weighted by molar-refractivity contribution is 0.392. The van der Waals surface area contributed by atoms with E-state index in [0.29, 0.717) is 0 Å². The van der Waals surface area contributed by atoms with Crippen LogP contribution in [0, 0.1) is 13.8 Å². The van der Waals surface area contributed by atoms with Crippen molar-refractivity contribution < 1.29 is 4.52 Å². The molecule has 2 nitrogen and oxygen atoms in total. The Morgan fingerprint density at radius 1 is 1.24 bits per heavy atom. The predicted molar refractivity (Wildman–Crippen MR) is 72.4 cm³/mol. The summed E-state index contributed by atoms with van der Waals surface area (Å²) in [5, 5.41) is 4.78. The summed E-state index contributed by atoms with van der Waals surface area (Å²) in [4.78, 5) is 0. The quantitative estimate of drug-likeness (QED) is 0.822. The topological polar surface area (TPSA) is 26.0 Å². The van der Waals surface area contributed by atoms with Crippen LogP contribution in [-0.2, 0) is 11.5 Å². The van der Waals surface area contributed by atoms with Crippen LogP contribution in [0.5, 0.6) is 0 Å². The largest absolute Gasteiger partial charge is 0.361 e. The van der Waals surface area contributed by atoms with Crippen LogP contribution in [-0.4, -0.2) is 5.16 Å². The average molecular weight is 268 g/mol. The third-order valence-corrected chi connectivity index (χ3v) is 4.02. The van der Waals surface area contributed by atoms with Gasteiger partial charge < -0.3 is 4.52 Å². The molecule has 2 rings (SSSR count). The lowest BCUT2D eigenvalue weighted by Gasteiger charge is -2.03. The van der Waals surface area contributed by atoms with E-state index in [9.17, 15) is 0 Å². The van der Waals surface area contributed by atoms with Gasteiger partial charge in [-0.1, -0.05) is 35.0 Å². The van der Waals surface area contributed by atoms with Gasteiger partial charge in [-0.2, -0.15) is 11.8 Å². The molecule has 1 aromatic heterocycles. The average Bonchev–Trinajstić information content (AvgIpc) is 2.63. The number of halogens is 1. The van der Waals surface area contributed by atoms with E-state index in [1.165, 1.54) is 11.1 Å². The van der Waals surface area contributed by atoms with Crippen molar-refractivity contribution >= 4 is 23.4 Å². The summed E-state index contributed by atoms with van der Waals surface area (Å²) in [6.07, 6.45) is 0. The molecule has 0 saturated carbocycles. The molecule has 0 aliphatic heterocycles. The van der Waals surface area contributed by atoms with Crippen molar-refractivity contribution in [3.8, 4) is 0 Å². The van der Waals surface area contributed by atoms with Gasteiger partial charge in [0.15, 0.2) is 0 Å². The van der Waals surface area contributed by atoms with Gasteiger partial charge in [-0.3, -0.25) is 0 Å². The maximum absolute atomic E-state index is 6.10. The van der Waals surface area contributed by atoms with Crippen molar-refractivity contribution in [2.75, 3.05) is 0 Å². The summed E-state index contributed by atoms with van der Waals surface area (Å²) >= 11 is 7.93. The number of aromatic nitrogens is 1. The Balaban J connectivity index is 1.95.